The molecule has 0 aromatic carbocycles. The highest BCUT2D eigenvalue weighted by molar-refractivity contribution is 7.09. The third kappa shape index (κ3) is 2.90. The van der Waals surface area contributed by atoms with Gasteiger partial charge in [0.1, 0.15) is 11.1 Å². The third-order valence-corrected chi connectivity index (χ3v) is 4.59. The van der Waals surface area contributed by atoms with Crippen LogP contribution in [0.15, 0.2) is 11.6 Å². The van der Waals surface area contributed by atoms with Gasteiger partial charge in [-0.15, -0.1) is 11.3 Å². The van der Waals surface area contributed by atoms with Gasteiger partial charge in [-0.3, -0.25) is 4.90 Å². The van der Waals surface area contributed by atoms with Crippen molar-refractivity contribution < 1.29 is 9.53 Å². The number of thiazole rings is 1. The first kappa shape index (κ1) is 12.9. The molecule has 0 N–H and O–H groups in total. The Balaban J connectivity index is 1.51. The molecule has 2 saturated heterocycles. The van der Waals surface area contributed by atoms with Crippen molar-refractivity contribution >= 4 is 17.4 Å². The van der Waals surface area contributed by atoms with E-state index in [1.54, 1.807) is 11.3 Å². The van der Waals surface area contributed by atoms with E-state index in [0.29, 0.717) is 6.04 Å². The van der Waals surface area contributed by atoms with Crippen molar-refractivity contribution in [2.45, 2.75) is 38.5 Å². The average Bonchev–Trinajstić information content (AvgIpc) is 3.00. The quantitative estimate of drug-likeness (QED) is 0.849. The standard InChI is InChI=1S/C13H19N3O2S/c1-10-8-16(13(17)18-10)11-2-5-15(6-3-11)9-12-14-4-7-19-12/h4,7,10-11H,2-3,5-6,8-9H2,1H3. The molecule has 6 heteroatoms. The minimum absolute atomic E-state index is 0.0425. The van der Waals surface area contributed by atoms with Crippen molar-refractivity contribution in [3.8, 4) is 0 Å². The lowest BCUT2D eigenvalue weighted by Crippen LogP contribution is -2.45. The number of ether oxygens (including phenoxy) is 1. The SMILES string of the molecule is CC1CN(C2CCN(Cc3nccs3)CC2)C(=O)O1. The molecule has 1 aromatic heterocycles. The fourth-order valence-corrected chi connectivity index (χ4v) is 3.50. The Morgan fingerprint density at radius 1 is 1.47 bits per heavy atom. The summed E-state index contributed by atoms with van der Waals surface area (Å²) in [6.07, 6.45) is 3.83. The summed E-state index contributed by atoms with van der Waals surface area (Å²) in [5.41, 5.74) is 0. The number of amides is 1. The van der Waals surface area contributed by atoms with Crippen molar-refractivity contribution in [2.24, 2.45) is 0 Å². The second kappa shape index (κ2) is 5.46. The van der Waals surface area contributed by atoms with Crippen LogP contribution in [0.5, 0.6) is 0 Å². The van der Waals surface area contributed by atoms with E-state index in [9.17, 15) is 4.79 Å². The van der Waals surface area contributed by atoms with Crippen LogP contribution < -0.4 is 0 Å². The fraction of sp³-hybridized carbons (Fsp3) is 0.692. The maximum Gasteiger partial charge on any atom is 0.410 e. The van der Waals surface area contributed by atoms with Crippen molar-refractivity contribution in [1.29, 1.82) is 0 Å². The number of carbonyl (C=O) groups is 1. The number of rotatable bonds is 3. The van der Waals surface area contributed by atoms with Gasteiger partial charge in [0, 0.05) is 30.7 Å². The molecule has 2 fully saturated rings. The summed E-state index contributed by atoms with van der Waals surface area (Å²) < 4.78 is 5.20. The van der Waals surface area contributed by atoms with Crippen LogP contribution in [-0.2, 0) is 11.3 Å². The van der Waals surface area contributed by atoms with Crippen LogP contribution in [0, 0.1) is 0 Å². The molecule has 1 amide bonds. The topological polar surface area (TPSA) is 45.7 Å². The van der Waals surface area contributed by atoms with Gasteiger partial charge in [-0.05, 0) is 19.8 Å². The van der Waals surface area contributed by atoms with E-state index in [-0.39, 0.29) is 12.2 Å². The van der Waals surface area contributed by atoms with Gasteiger partial charge in [0.05, 0.1) is 13.1 Å². The van der Waals surface area contributed by atoms with Gasteiger partial charge in [-0.1, -0.05) is 0 Å². The second-order valence-corrected chi connectivity index (χ2v) is 6.26. The first-order chi connectivity index (χ1) is 9.22. The lowest BCUT2D eigenvalue weighted by atomic mass is 10.0. The van der Waals surface area contributed by atoms with Crippen molar-refractivity contribution in [2.75, 3.05) is 19.6 Å². The molecule has 0 bridgehead atoms. The monoisotopic (exact) mass is 281 g/mol. The Kier molecular flexibility index (Phi) is 3.70. The molecule has 19 heavy (non-hydrogen) atoms. The van der Waals surface area contributed by atoms with Gasteiger partial charge >= 0.3 is 6.09 Å². The fourth-order valence-electron chi connectivity index (χ4n) is 2.84. The molecule has 5 nitrogen and oxygen atoms in total. The lowest BCUT2D eigenvalue weighted by Gasteiger charge is -2.35. The second-order valence-electron chi connectivity index (χ2n) is 5.28. The summed E-state index contributed by atoms with van der Waals surface area (Å²) in [5, 5.41) is 3.19. The highest BCUT2D eigenvalue weighted by Gasteiger charge is 2.35. The summed E-state index contributed by atoms with van der Waals surface area (Å²) >= 11 is 1.71. The number of nitrogens with zero attached hydrogens (tertiary/aromatic N) is 3. The number of piperidine rings is 1. The van der Waals surface area contributed by atoms with Crippen LogP contribution in [0.1, 0.15) is 24.8 Å². The number of carbonyl (C=O) groups excluding carboxylic acids is 1. The molecule has 0 saturated carbocycles. The molecule has 1 aromatic rings. The molecule has 0 aliphatic carbocycles. The van der Waals surface area contributed by atoms with Crippen LogP contribution in [0.2, 0.25) is 0 Å². The third-order valence-electron chi connectivity index (χ3n) is 3.83. The minimum atomic E-state index is -0.133. The summed E-state index contributed by atoms with van der Waals surface area (Å²) in [7, 11) is 0. The van der Waals surface area contributed by atoms with Gasteiger partial charge in [0.2, 0.25) is 0 Å². The molecule has 0 spiro atoms. The highest BCUT2D eigenvalue weighted by atomic mass is 32.1. The highest BCUT2D eigenvalue weighted by Crippen LogP contribution is 2.23. The van der Waals surface area contributed by atoms with Crippen LogP contribution >= 0.6 is 11.3 Å². The molecule has 2 aliphatic rings. The summed E-state index contributed by atoms with van der Waals surface area (Å²) in [6.45, 7) is 5.70. The normalized spacial score (nSPS) is 25.8. The molecule has 1 unspecified atom stereocenters. The van der Waals surface area contributed by atoms with Crippen molar-refractivity contribution in [3.05, 3.63) is 16.6 Å². The summed E-state index contributed by atoms with van der Waals surface area (Å²) in [5.74, 6) is 0. The summed E-state index contributed by atoms with van der Waals surface area (Å²) in [4.78, 5) is 20.3. The lowest BCUT2D eigenvalue weighted by molar-refractivity contribution is 0.111. The molecule has 0 radical (unpaired) electrons. The smallest absolute Gasteiger partial charge is 0.410 e. The number of aromatic nitrogens is 1. The van der Waals surface area contributed by atoms with Gasteiger partial charge in [-0.2, -0.15) is 0 Å². The molecule has 1 atom stereocenters. The van der Waals surface area contributed by atoms with Crippen LogP contribution in [0.3, 0.4) is 0 Å². The predicted octanol–water partition coefficient (Wildman–Crippen LogP) is 1.95. The number of likely N-dealkylation sites (tertiary alicyclic amines) is 1. The number of cyclic esters (lactones) is 1. The van der Waals surface area contributed by atoms with E-state index in [4.69, 9.17) is 4.74 Å². The van der Waals surface area contributed by atoms with Crippen LogP contribution in [-0.4, -0.2) is 52.7 Å². The minimum Gasteiger partial charge on any atom is -0.444 e. The summed E-state index contributed by atoms with van der Waals surface area (Å²) in [6, 6.07) is 0.352. The first-order valence-corrected chi connectivity index (χ1v) is 7.68. The average molecular weight is 281 g/mol. The zero-order chi connectivity index (χ0) is 13.2. The largest absolute Gasteiger partial charge is 0.444 e. The first-order valence-electron chi connectivity index (χ1n) is 6.80. The Hall–Kier alpha value is -1.14. The molecular formula is C13H19N3O2S. The zero-order valence-electron chi connectivity index (χ0n) is 11.1. The van der Waals surface area contributed by atoms with E-state index in [1.165, 1.54) is 5.01 Å². The maximum atomic E-state index is 11.7. The van der Waals surface area contributed by atoms with E-state index in [0.717, 1.165) is 39.0 Å². The zero-order valence-corrected chi connectivity index (χ0v) is 11.9. The molecular weight excluding hydrogens is 262 g/mol. The molecule has 2 aliphatic heterocycles. The van der Waals surface area contributed by atoms with Gasteiger partial charge < -0.3 is 9.64 Å². The van der Waals surface area contributed by atoms with Crippen molar-refractivity contribution in [1.82, 2.24) is 14.8 Å². The number of hydrogen-bond acceptors (Lipinski definition) is 5. The maximum absolute atomic E-state index is 11.7. The Labute approximate surface area is 117 Å². The van der Waals surface area contributed by atoms with Gasteiger partial charge in [0.25, 0.3) is 0 Å². The van der Waals surface area contributed by atoms with E-state index in [1.807, 2.05) is 23.4 Å². The van der Waals surface area contributed by atoms with Crippen LogP contribution in [0.4, 0.5) is 4.79 Å². The molecule has 3 heterocycles. The number of hydrogen-bond donors (Lipinski definition) is 0. The molecule has 3 rings (SSSR count). The Bertz CT molecular complexity index is 429. The van der Waals surface area contributed by atoms with Gasteiger partial charge in [0.15, 0.2) is 0 Å². The van der Waals surface area contributed by atoms with Gasteiger partial charge in [-0.25, -0.2) is 9.78 Å². The van der Waals surface area contributed by atoms with E-state index < -0.39 is 0 Å². The van der Waals surface area contributed by atoms with E-state index >= 15 is 0 Å². The predicted molar refractivity (Wildman–Crippen MR) is 73.1 cm³/mol. The van der Waals surface area contributed by atoms with Crippen molar-refractivity contribution in [3.63, 3.8) is 0 Å². The van der Waals surface area contributed by atoms with E-state index in [2.05, 4.69) is 9.88 Å². The Morgan fingerprint density at radius 3 is 2.84 bits per heavy atom. The molecule has 104 valence electrons. The Morgan fingerprint density at radius 2 is 2.26 bits per heavy atom. The van der Waals surface area contributed by atoms with Crippen LogP contribution in [0.25, 0.3) is 0 Å².